The Morgan fingerprint density at radius 1 is 1.38 bits per heavy atom. The van der Waals surface area contributed by atoms with Crippen LogP contribution in [0.15, 0.2) is 24.5 Å². The maximum Gasteiger partial charge on any atom is 0.225 e. The van der Waals surface area contributed by atoms with Gasteiger partial charge < -0.3 is 10.2 Å². The average molecular weight is 287 g/mol. The lowest BCUT2D eigenvalue weighted by Crippen LogP contribution is -2.36. The van der Waals surface area contributed by atoms with Crippen LogP contribution in [-0.2, 0) is 16.1 Å². The molecule has 2 heterocycles. The second kappa shape index (κ2) is 6.24. The fourth-order valence-electron chi connectivity index (χ4n) is 3.31. The van der Waals surface area contributed by atoms with Crippen LogP contribution in [-0.4, -0.2) is 34.3 Å². The van der Waals surface area contributed by atoms with E-state index < -0.39 is 0 Å². The number of nitrogens with one attached hydrogen (secondary N) is 1. The molecule has 1 saturated carbocycles. The molecule has 5 heteroatoms. The predicted octanol–water partition coefficient (Wildman–Crippen LogP) is 1.49. The Morgan fingerprint density at radius 2 is 2.19 bits per heavy atom. The van der Waals surface area contributed by atoms with E-state index in [2.05, 4.69) is 10.3 Å². The van der Waals surface area contributed by atoms with Gasteiger partial charge in [-0.1, -0.05) is 18.9 Å². The van der Waals surface area contributed by atoms with Gasteiger partial charge in [0.1, 0.15) is 0 Å². The second-order valence-corrected chi connectivity index (χ2v) is 5.96. The van der Waals surface area contributed by atoms with Crippen LogP contribution in [0, 0.1) is 5.92 Å². The van der Waals surface area contributed by atoms with Crippen LogP contribution in [0.2, 0.25) is 0 Å². The highest BCUT2D eigenvalue weighted by atomic mass is 16.2. The highest BCUT2D eigenvalue weighted by Gasteiger charge is 2.38. The number of hydrogen-bond donors (Lipinski definition) is 1. The summed E-state index contributed by atoms with van der Waals surface area (Å²) in [6.45, 7) is 1.06. The molecule has 3 rings (SSSR count). The quantitative estimate of drug-likeness (QED) is 0.912. The lowest BCUT2D eigenvalue weighted by Gasteiger charge is -2.23. The first-order valence-electron chi connectivity index (χ1n) is 7.70. The standard InChI is InChI=1S/C16H21N3O2/c20-15-8-13(11-19(15)14-5-1-2-6-14)16(21)18-10-12-4-3-7-17-9-12/h3-4,7,9,13-14H,1-2,5-6,8,10-11H2,(H,18,21)/t13-/m0/s1. The van der Waals surface area contributed by atoms with Crippen LogP contribution in [0.5, 0.6) is 0 Å². The summed E-state index contributed by atoms with van der Waals surface area (Å²) in [6.07, 6.45) is 8.39. The minimum absolute atomic E-state index is 0.0206. The molecule has 21 heavy (non-hydrogen) atoms. The van der Waals surface area contributed by atoms with E-state index in [4.69, 9.17) is 0 Å². The van der Waals surface area contributed by atoms with Crippen molar-refractivity contribution in [2.75, 3.05) is 6.54 Å². The Bertz CT molecular complexity index is 512. The largest absolute Gasteiger partial charge is 0.352 e. The number of aromatic nitrogens is 1. The first-order valence-corrected chi connectivity index (χ1v) is 7.70. The first-order chi connectivity index (χ1) is 10.2. The van der Waals surface area contributed by atoms with Crippen LogP contribution < -0.4 is 5.32 Å². The van der Waals surface area contributed by atoms with E-state index >= 15 is 0 Å². The van der Waals surface area contributed by atoms with Crippen LogP contribution in [0.25, 0.3) is 0 Å². The van der Waals surface area contributed by atoms with Crippen molar-refractivity contribution in [2.24, 2.45) is 5.92 Å². The number of amides is 2. The summed E-state index contributed by atoms with van der Waals surface area (Å²) < 4.78 is 0. The van der Waals surface area contributed by atoms with Gasteiger partial charge in [0.2, 0.25) is 11.8 Å². The van der Waals surface area contributed by atoms with E-state index in [1.165, 1.54) is 12.8 Å². The fraction of sp³-hybridized carbons (Fsp3) is 0.562. The molecule has 0 unspecified atom stereocenters. The Morgan fingerprint density at radius 3 is 2.90 bits per heavy atom. The van der Waals surface area contributed by atoms with Crippen LogP contribution in [0.4, 0.5) is 0 Å². The molecule has 1 aromatic heterocycles. The summed E-state index contributed by atoms with van der Waals surface area (Å²) >= 11 is 0. The van der Waals surface area contributed by atoms with Gasteiger partial charge in [-0.05, 0) is 24.5 Å². The normalized spacial score (nSPS) is 22.8. The fourth-order valence-corrected chi connectivity index (χ4v) is 3.31. The molecule has 1 saturated heterocycles. The van der Waals surface area contributed by atoms with E-state index in [0.29, 0.717) is 25.6 Å². The smallest absolute Gasteiger partial charge is 0.225 e. The molecule has 0 bridgehead atoms. The van der Waals surface area contributed by atoms with Gasteiger partial charge in [-0.3, -0.25) is 14.6 Å². The van der Waals surface area contributed by atoms with Gasteiger partial charge in [-0.2, -0.15) is 0 Å². The molecular weight excluding hydrogens is 266 g/mol. The summed E-state index contributed by atoms with van der Waals surface area (Å²) in [5, 5.41) is 2.91. The molecule has 1 atom stereocenters. The molecule has 5 nitrogen and oxygen atoms in total. The maximum absolute atomic E-state index is 12.2. The lowest BCUT2D eigenvalue weighted by molar-refractivity contribution is -0.130. The highest BCUT2D eigenvalue weighted by molar-refractivity contribution is 5.89. The van der Waals surface area contributed by atoms with E-state index in [9.17, 15) is 9.59 Å². The van der Waals surface area contributed by atoms with Crippen LogP contribution >= 0.6 is 0 Å². The van der Waals surface area contributed by atoms with Crippen molar-refractivity contribution in [2.45, 2.75) is 44.7 Å². The highest BCUT2D eigenvalue weighted by Crippen LogP contribution is 2.29. The topological polar surface area (TPSA) is 62.3 Å². The minimum atomic E-state index is -0.199. The summed E-state index contributed by atoms with van der Waals surface area (Å²) in [5.74, 6) is -0.0779. The molecule has 2 aliphatic rings. The third kappa shape index (κ3) is 3.23. The van der Waals surface area contributed by atoms with Gasteiger partial charge in [0.15, 0.2) is 0 Å². The molecular formula is C16H21N3O2. The van der Waals surface area contributed by atoms with E-state index in [1.807, 2.05) is 17.0 Å². The SMILES string of the molecule is O=C(NCc1cccnc1)[C@H]1CC(=O)N(C2CCCC2)C1. The van der Waals surface area contributed by atoms with Crippen molar-refractivity contribution in [3.8, 4) is 0 Å². The first kappa shape index (κ1) is 14.0. The Labute approximate surface area is 124 Å². The molecule has 0 radical (unpaired) electrons. The number of carbonyl (C=O) groups excluding carboxylic acids is 2. The van der Waals surface area contributed by atoms with Crippen molar-refractivity contribution in [3.63, 3.8) is 0 Å². The molecule has 2 fully saturated rings. The van der Waals surface area contributed by atoms with Crippen LogP contribution in [0.3, 0.4) is 0 Å². The van der Waals surface area contributed by atoms with Crippen molar-refractivity contribution in [3.05, 3.63) is 30.1 Å². The van der Waals surface area contributed by atoms with Gasteiger partial charge in [-0.15, -0.1) is 0 Å². The van der Waals surface area contributed by atoms with Gasteiger partial charge in [0, 0.05) is 37.9 Å². The monoisotopic (exact) mass is 287 g/mol. The number of likely N-dealkylation sites (tertiary alicyclic amines) is 1. The summed E-state index contributed by atoms with van der Waals surface area (Å²) in [5.41, 5.74) is 0.975. The Balaban J connectivity index is 1.52. The summed E-state index contributed by atoms with van der Waals surface area (Å²) in [7, 11) is 0. The lowest BCUT2D eigenvalue weighted by atomic mass is 10.1. The van der Waals surface area contributed by atoms with E-state index in [-0.39, 0.29) is 17.7 Å². The van der Waals surface area contributed by atoms with Crippen molar-refractivity contribution >= 4 is 11.8 Å². The zero-order valence-electron chi connectivity index (χ0n) is 12.1. The molecule has 0 spiro atoms. The minimum Gasteiger partial charge on any atom is -0.352 e. The Hall–Kier alpha value is -1.91. The number of hydrogen-bond acceptors (Lipinski definition) is 3. The predicted molar refractivity (Wildman–Crippen MR) is 78.2 cm³/mol. The summed E-state index contributed by atoms with van der Waals surface area (Å²) in [4.78, 5) is 30.3. The molecule has 112 valence electrons. The van der Waals surface area contributed by atoms with E-state index in [1.54, 1.807) is 12.4 Å². The average Bonchev–Trinajstić information content (AvgIpc) is 3.15. The molecule has 1 N–H and O–H groups in total. The number of pyridine rings is 1. The molecule has 1 aliphatic carbocycles. The van der Waals surface area contributed by atoms with E-state index in [0.717, 1.165) is 18.4 Å². The third-order valence-electron chi connectivity index (χ3n) is 4.48. The maximum atomic E-state index is 12.2. The number of nitrogens with zero attached hydrogens (tertiary/aromatic N) is 2. The van der Waals surface area contributed by atoms with Gasteiger partial charge in [0.25, 0.3) is 0 Å². The molecule has 1 aliphatic heterocycles. The molecule has 2 amide bonds. The van der Waals surface area contributed by atoms with Crippen molar-refractivity contribution in [1.82, 2.24) is 15.2 Å². The molecule has 1 aromatic rings. The van der Waals surface area contributed by atoms with Gasteiger partial charge in [-0.25, -0.2) is 0 Å². The third-order valence-corrected chi connectivity index (χ3v) is 4.48. The molecule has 0 aromatic carbocycles. The zero-order chi connectivity index (χ0) is 14.7. The van der Waals surface area contributed by atoms with Crippen LogP contribution in [0.1, 0.15) is 37.7 Å². The van der Waals surface area contributed by atoms with Gasteiger partial charge in [0.05, 0.1) is 5.92 Å². The van der Waals surface area contributed by atoms with Gasteiger partial charge >= 0.3 is 0 Å². The number of rotatable bonds is 4. The second-order valence-electron chi connectivity index (χ2n) is 5.96. The van der Waals surface area contributed by atoms with Crippen molar-refractivity contribution < 1.29 is 9.59 Å². The Kier molecular flexibility index (Phi) is 4.18. The summed E-state index contributed by atoms with van der Waals surface area (Å²) in [6, 6.07) is 4.15. The number of carbonyl (C=O) groups is 2. The zero-order valence-corrected chi connectivity index (χ0v) is 12.1. The van der Waals surface area contributed by atoms with Crippen molar-refractivity contribution in [1.29, 1.82) is 0 Å².